The molecule has 1 unspecified atom stereocenters. The van der Waals surface area contributed by atoms with Crippen molar-refractivity contribution >= 4 is 11.8 Å². The van der Waals surface area contributed by atoms with Crippen molar-refractivity contribution in [3.05, 3.63) is 53.1 Å². The molecule has 1 atom stereocenters. The van der Waals surface area contributed by atoms with Gasteiger partial charge in [-0.05, 0) is 38.8 Å². The standard InChI is InChI=1S/C22H28N4O3/c1-15-19(12-20(27)23-3)16(2)25-22(24-15)17-8-7-11-26(13-17)21(28)14-29-18-9-5-4-6-10-18/h4-6,9-10,17H,7-8,11-14H2,1-3H3,(H,23,27). The number of nitrogens with one attached hydrogen (secondary N) is 1. The summed E-state index contributed by atoms with van der Waals surface area (Å²) in [4.78, 5) is 35.5. The number of likely N-dealkylation sites (N-methyl/N-ethyl adjacent to an activating group) is 1. The summed E-state index contributed by atoms with van der Waals surface area (Å²) in [7, 11) is 1.62. The maximum absolute atomic E-state index is 12.6. The van der Waals surface area contributed by atoms with E-state index in [1.165, 1.54) is 0 Å². The first-order chi connectivity index (χ1) is 14.0. The topological polar surface area (TPSA) is 84.4 Å². The Labute approximate surface area is 171 Å². The van der Waals surface area contributed by atoms with Crippen LogP contribution in [0.1, 0.15) is 41.5 Å². The average Bonchev–Trinajstić information content (AvgIpc) is 2.75. The molecule has 0 bridgehead atoms. The fourth-order valence-corrected chi connectivity index (χ4v) is 3.62. The van der Waals surface area contributed by atoms with Crippen LogP contribution in [0.2, 0.25) is 0 Å². The number of hydrogen-bond donors (Lipinski definition) is 1. The van der Waals surface area contributed by atoms with Crippen LogP contribution in [-0.4, -0.2) is 53.4 Å². The minimum Gasteiger partial charge on any atom is -0.484 e. The van der Waals surface area contributed by atoms with Gasteiger partial charge in [0.1, 0.15) is 11.6 Å². The molecule has 0 spiro atoms. The lowest BCUT2D eigenvalue weighted by atomic mass is 9.96. The van der Waals surface area contributed by atoms with Gasteiger partial charge in [-0.3, -0.25) is 9.59 Å². The lowest BCUT2D eigenvalue weighted by molar-refractivity contribution is -0.134. The Morgan fingerprint density at radius 2 is 1.86 bits per heavy atom. The van der Waals surface area contributed by atoms with Crippen molar-refractivity contribution in [2.24, 2.45) is 0 Å². The molecule has 0 radical (unpaired) electrons. The number of likely N-dealkylation sites (tertiary alicyclic amines) is 1. The maximum Gasteiger partial charge on any atom is 0.260 e. The van der Waals surface area contributed by atoms with Gasteiger partial charge in [0.2, 0.25) is 5.91 Å². The number of benzene rings is 1. The third kappa shape index (κ3) is 5.31. The van der Waals surface area contributed by atoms with E-state index >= 15 is 0 Å². The second kappa shape index (κ2) is 9.49. The van der Waals surface area contributed by atoms with Crippen LogP contribution in [0.5, 0.6) is 5.75 Å². The van der Waals surface area contributed by atoms with Crippen molar-refractivity contribution < 1.29 is 14.3 Å². The van der Waals surface area contributed by atoms with Gasteiger partial charge in [0, 0.05) is 43.0 Å². The van der Waals surface area contributed by atoms with E-state index in [0.717, 1.165) is 42.2 Å². The third-order valence-electron chi connectivity index (χ3n) is 5.30. The van der Waals surface area contributed by atoms with Crippen LogP contribution < -0.4 is 10.1 Å². The Morgan fingerprint density at radius 1 is 1.17 bits per heavy atom. The van der Waals surface area contributed by atoms with Crippen molar-refractivity contribution in [3.8, 4) is 5.75 Å². The first-order valence-corrected chi connectivity index (χ1v) is 9.98. The van der Waals surface area contributed by atoms with E-state index in [1.54, 1.807) is 7.05 Å². The minimum absolute atomic E-state index is 0.0248. The van der Waals surface area contributed by atoms with E-state index < -0.39 is 0 Å². The molecule has 2 aromatic rings. The highest BCUT2D eigenvalue weighted by atomic mass is 16.5. The van der Waals surface area contributed by atoms with Gasteiger partial charge in [0.15, 0.2) is 6.61 Å². The van der Waals surface area contributed by atoms with Crippen LogP contribution in [0, 0.1) is 13.8 Å². The fourth-order valence-electron chi connectivity index (χ4n) is 3.62. The zero-order chi connectivity index (χ0) is 20.8. The molecular formula is C22H28N4O3. The van der Waals surface area contributed by atoms with Crippen LogP contribution in [0.4, 0.5) is 0 Å². The third-order valence-corrected chi connectivity index (χ3v) is 5.30. The average molecular weight is 396 g/mol. The Bertz CT molecular complexity index is 847. The molecule has 7 heteroatoms. The summed E-state index contributed by atoms with van der Waals surface area (Å²) >= 11 is 0. The number of aryl methyl sites for hydroxylation is 2. The Hall–Kier alpha value is -2.96. The van der Waals surface area contributed by atoms with Crippen LogP contribution in [0.25, 0.3) is 0 Å². The molecule has 3 rings (SSSR count). The maximum atomic E-state index is 12.6. The van der Waals surface area contributed by atoms with Crippen molar-refractivity contribution in [1.82, 2.24) is 20.2 Å². The number of rotatable bonds is 6. The van der Waals surface area contributed by atoms with E-state index in [0.29, 0.717) is 12.3 Å². The molecule has 1 aliphatic rings. The van der Waals surface area contributed by atoms with Gasteiger partial charge in [-0.1, -0.05) is 18.2 Å². The van der Waals surface area contributed by atoms with E-state index in [-0.39, 0.29) is 30.8 Å². The molecular weight excluding hydrogens is 368 g/mol. The van der Waals surface area contributed by atoms with Crippen LogP contribution >= 0.6 is 0 Å². The largest absolute Gasteiger partial charge is 0.484 e. The number of ether oxygens (including phenoxy) is 1. The molecule has 1 aliphatic heterocycles. The highest BCUT2D eigenvalue weighted by Gasteiger charge is 2.27. The highest BCUT2D eigenvalue weighted by Crippen LogP contribution is 2.26. The monoisotopic (exact) mass is 396 g/mol. The van der Waals surface area contributed by atoms with Gasteiger partial charge in [0.05, 0.1) is 6.42 Å². The van der Waals surface area contributed by atoms with E-state index in [1.807, 2.05) is 49.1 Å². The molecule has 29 heavy (non-hydrogen) atoms. The van der Waals surface area contributed by atoms with Crippen LogP contribution in [0.15, 0.2) is 30.3 Å². The van der Waals surface area contributed by atoms with Gasteiger partial charge < -0.3 is 15.0 Å². The molecule has 0 saturated carbocycles. The second-order valence-electron chi connectivity index (χ2n) is 7.36. The minimum atomic E-state index is -0.0552. The summed E-state index contributed by atoms with van der Waals surface area (Å²) in [6, 6.07) is 9.35. The normalized spacial score (nSPS) is 16.4. The van der Waals surface area contributed by atoms with Crippen molar-refractivity contribution in [1.29, 1.82) is 0 Å². The van der Waals surface area contributed by atoms with Crippen molar-refractivity contribution in [3.63, 3.8) is 0 Å². The van der Waals surface area contributed by atoms with Crippen LogP contribution in [0.3, 0.4) is 0 Å². The first-order valence-electron chi connectivity index (χ1n) is 9.98. The van der Waals surface area contributed by atoms with Gasteiger partial charge >= 0.3 is 0 Å². The Kier molecular flexibility index (Phi) is 6.80. The number of piperidine rings is 1. The molecule has 7 nitrogen and oxygen atoms in total. The lowest BCUT2D eigenvalue weighted by Crippen LogP contribution is -2.42. The summed E-state index contributed by atoms with van der Waals surface area (Å²) in [5, 5.41) is 2.64. The van der Waals surface area contributed by atoms with Gasteiger partial charge in [-0.15, -0.1) is 0 Å². The summed E-state index contributed by atoms with van der Waals surface area (Å²) < 4.78 is 5.60. The molecule has 2 heterocycles. The number of hydrogen-bond acceptors (Lipinski definition) is 5. The lowest BCUT2D eigenvalue weighted by Gasteiger charge is -2.32. The van der Waals surface area contributed by atoms with Gasteiger partial charge in [0.25, 0.3) is 5.91 Å². The van der Waals surface area contributed by atoms with Gasteiger partial charge in [-0.2, -0.15) is 0 Å². The molecule has 154 valence electrons. The van der Waals surface area contributed by atoms with E-state index in [4.69, 9.17) is 4.74 Å². The Balaban J connectivity index is 1.65. The SMILES string of the molecule is CNC(=O)Cc1c(C)nc(C2CCCN(C(=O)COc3ccccc3)C2)nc1C. The number of amides is 2. The highest BCUT2D eigenvalue weighted by molar-refractivity contribution is 5.79. The summed E-state index contributed by atoms with van der Waals surface area (Å²) in [6.07, 6.45) is 2.13. The summed E-state index contributed by atoms with van der Waals surface area (Å²) in [5.41, 5.74) is 2.52. The van der Waals surface area contributed by atoms with E-state index in [9.17, 15) is 9.59 Å². The van der Waals surface area contributed by atoms with Crippen molar-refractivity contribution in [2.75, 3.05) is 26.7 Å². The molecule has 1 fully saturated rings. The van der Waals surface area contributed by atoms with Crippen LogP contribution in [-0.2, 0) is 16.0 Å². The predicted octanol–water partition coefficient (Wildman–Crippen LogP) is 2.17. The number of aromatic nitrogens is 2. The molecule has 1 saturated heterocycles. The predicted molar refractivity (Wildman–Crippen MR) is 110 cm³/mol. The zero-order valence-electron chi connectivity index (χ0n) is 17.3. The number of nitrogens with zero attached hydrogens (tertiary/aromatic N) is 3. The molecule has 0 aliphatic carbocycles. The van der Waals surface area contributed by atoms with Crippen molar-refractivity contribution in [2.45, 2.75) is 39.0 Å². The number of carbonyl (C=O) groups excluding carboxylic acids is 2. The number of para-hydroxylation sites is 1. The first kappa shape index (κ1) is 20.8. The molecule has 1 aromatic carbocycles. The summed E-state index contributed by atoms with van der Waals surface area (Å²) in [6.45, 7) is 5.16. The molecule has 1 aromatic heterocycles. The molecule has 1 N–H and O–H groups in total. The Morgan fingerprint density at radius 3 is 2.52 bits per heavy atom. The van der Waals surface area contributed by atoms with E-state index in [2.05, 4.69) is 15.3 Å². The molecule has 2 amide bonds. The second-order valence-corrected chi connectivity index (χ2v) is 7.36. The van der Waals surface area contributed by atoms with Gasteiger partial charge in [-0.25, -0.2) is 9.97 Å². The smallest absolute Gasteiger partial charge is 0.260 e. The number of carbonyl (C=O) groups is 2. The fraction of sp³-hybridized carbons (Fsp3) is 0.455. The summed E-state index contributed by atoms with van der Waals surface area (Å²) in [5.74, 6) is 1.46. The quantitative estimate of drug-likeness (QED) is 0.809. The zero-order valence-corrected chi connectivity index (χ0v) is 17.3.